The number of piperidine rings is 1. The van der Waals surface area contributed by atoms with Gasteiger partial charge in [0.1, 0.15) is 5.75 Å². The molecule has 0 saturated carbocycles. The van der Waals surface area contributed by atoms with Gasteiger partial charge in [0.2, 0.25) is 5.91 Å². The van der Waals surface area contributed by atoms with Crippen molar-refractivity contribution in [1.82, 2.24) is 4.90 Å². The molecule has 0 spiro atoms. The number of benzene rings is 3. The van der Waals surface area contributed by atoms with E-state index >= 15 is 0 Å². The molecule has 0 bridgehead atoms. The SMILES string of the molecule is CC(C)Oc1cccc(CC(=O)N2CCCC(CCc3ccc(Cl)cc3)(c3ccc(Cl)c(Cl)c3)C2)c1. The van der Waals surface area contributed by atoms with Gasteiger partial charge in [-0.05, 0) is 92.6 Å². The highest BCUT2D eigenvalue weighted by Crippen LogP contribution is 2.40. The lowest BCUT2D eigenvalue weighted by atomic mass is 9.70. The quantitative estimate of drug-likeness (QED) is 0.286. The third-order valence-corrected chi connectivity index (χ3v) is 7.88. The molecule has 1 amide bonds. The van der Waals surface area contributed by atoms with Crippen molar-refractivity contribution in [2.75, 3.05) is 13.1 Å². The predicted molar refractivity (Wildman–Crippen MR) is 150 cm³/mol. The van der Waals surface area contributed by atoms with E-state index in [1.807, 2.05) is 67.3 Å². The van der Waals surface area contributed by atoms with E-state index in [9.17, 15) is 4.79 Å². The maximum atomic E-state index is 13.5. The molecule has 1 heterocycles. The number of ether oxygens (including phenoxy) is 1. The minimum atomic E-state index is -0.204. The van der Waals surface area contributed by atoms with Crippen molar-refractivity contribution in [2.45, 2.75) is 57.5 Å². The number of rotatable bonds is 8. The van der Waals surface area contributed by atoms with Crippen LogP contribution >= 0.6 is 34.8 Å². The fourth-order valence-corrected chi connectivity index (χ4v) is 5.50. The van der Waals surface area contributed by atoms with E-state index in [1.165, 1.54) is 5.56 Å². The molecule has 0 aliphatic carbocycles. The normalized spacial score (nSPS) is 17.9. The van der Waals surface area contributed by atoms with Crippen LogP contribution in [0.4, 0.5) is 0 Å². The Kier molecular flexibility index (Phi) is 8.87. The Balaban J connectivity index is 1.56. The van der Waals surface area contributed by atoms with Crippen LogP contribution in [0.15, 0.2) is 66.7 Å². The topological polar surface area (TPSA) is 29.5 Å². The zero-order valence-corrected chi connectivity index (χ0v) is 23.0. The van der Waals surface area contributed by atoms with Crippen molar-refractivity contribution in [3.63, 3.8) is 0 Å². The molecule has 1 fully saturated rings. The molecular weight excluding hydrogens is 513 g/mol. The maximum absolute atomic E-state index is 13.5. The lowest BCUT2D eigenvalue weighted by Crippen LogP contribution is -2.49. The first-order chi connectivity index (χ1) is 17.2. The van der Waals surface area contributed by atoms with Gasteiger partial charge in [0.15, 0.2) is 0 Å². The Bertz CT molecular complexity index is 1200. The van der Waals surface area contributed by atoms with Crippen molar-refractivity contribution in [1.29, 1.82) is 0 Å². The van der Waals surface area contributed by atoms with Gasteiger partial charge >= 0.3 is 0 Å². The average molecular weight is 545 g/mol. The van der Waals surface area contributed by atoms with E-state index in [0.29, 0.717) is 23.0 Å². The number of amides is 1. The summed E-state index contributed by atoms with van der Waals surface area (Å²) in [6, 6.07) is 21.7. The third kappa shape index (κ3) is 6.76. The van der Waals surface area contributed by atoms with Crippen LogP contribution in [0.1, 0.15) is 49.8 Å². The molecule has 0 N–H and O–H groups in total. The predicted octanol–water partition coefficient (Wildman–Crippen LogP) is 8.17. The van der Waals surface area contributed by atoms with Crippen LogP contribution in [-0.4, -0.2) is 30.0 Å². The summed E-state index contributed by atoms with van der Waals surface area (Å²) in [5.41, 5.74) is 3.12. The number of carbonyl (C=O) groups excluding carboxylic acids is 1. The van der Waals surface area contributed by atoms with Crippen molar-refractivity contribution in [3.8, 4) is 5.75 Å². The number of halogens is 3. The summed E-state index contributed by atoms with van der Waals surface area (Å²) in [6.45, 7) is 5.40. The molecule has 4 rings (SSSR count). The van der Waals surface area contributed by atoms with Crippen LogP contribution in [0.2, 0.25) is 15.1 Å². The molecule has 1 saturated heterocycles. The Morgan fingerprint density at radius 1 is 0.972 bits per heavy atom. The Morgan fingerprint density at radius 3 is 2.47 bits per heavy atom. The van der Waals surface area contributed by atoms with E-state index < -0.39 is 0 Å². The highest BCUT2D eigenvalue weighted by atomic mass is 35.5. The van der Waals surface area contributed by atoms with E-state index in [-0.39, 0.29) is 17.4 Å². The smallest absolute Gasteiger partial charge is 0.227 e. The molecular formula is C30H32Cl3NO2. The maximum Gasteiger partial charge on any atom is 0.227 e. The zero-order valence-electron chi connectivity index (χ0n) is 20.8. The molecule has 1 unspecified atom stereocenters. The molecule has 0 aromatic heterocycles. The second-order valence-corrected chi connectivity index (χ2v) is 11.2. The first-order valence-corrected chi connectivity index (χ1v) is 13.6. The second-order valence-electron chi connectivity index (χ2n) is 9.95. The van der Waals surface area contributed by atoms with E-state index in [2.05, 4.69) is 18.2 Å². The summed E-state index contributed by atoms with van der Waals surface area (Å²) in [5, 5.41) is 1.82. The fraction of sp³-hybridized carbons (Fsp3) is 0.367. The van der Waals surface area contributed by atoms with Crippen LogP contribution in [-0.2, 0) is 23.1 Å². The van der Waals surface area contributed by atoms with Gasteiger partial charge in [0.05, 0.1) is 22.6 Å². The Morgan fingerprint density at radius 2 is 1.75 bits per heavy atom. The van der Waals surface area contributed by atoms with E-state index in [1.54, 1.807) is 0 Å². The Labute approximate surface area is 229 Å². The number of aryl methyl sites for hydroxylation is 1. The van der Waals surface area contributed by atoms with E-state index in [4.69, 9.17) is 39.5 Å². The molecule has 36 heavy (non-hydrogen) atoms. The first-order valence-electron chi connectivity index (χ1n) is 12.5. The number of likely N-dealkylation sites (tertiary alicyclic amines) is 1. The lowest BCUT2D eigenvalue weighted by molar-refractivity contribution is -0.132. The molecule has 3 aromatic rings. The van der Waals surface area contributed by atoms with Crippen molar-refractivity contribution in [3.05, 3.63) is 98.5 Å². The summed E-state index contributed by atoms with van der Waals surface area (Å²) < 4.78 is 5.82. The zero-order chi connectivity index (χ0) is 25.7. The lowest BCUT2D eigenvalue weighted by Gasteiger charge is -2.44. The van der Waals surface area contributed by atoms with Gasteiger partial charge in [-0.1, -0.05) is 65.1 Å². The van der Waals surface area contributed by atoms with Gasteiger partial charge in [0, 0.05) is 23.5 Å². The molecule has 3 nitrogen and oxygen atoms in total. The average Bonchev–Trinajstić information content (AvgIpc) is 2.85. The molecule has 0 radical (unpaired) electrons. The summed E-state index contributed by atoms with van der Waals surface area (Å²) in [5.74, 6) is 0.925. The van der Waals surface area contributed by atoms with Gasteiger partial charge in [-0.15, -0.1) is 0 Å². The monoisotopic (exact) mass is 543 g/mol. The van der Waals surface area contributed by atoms with Crippen LogP contribution in [0, 0.1) is 0 Å². The van der Waals surface area contributed by atoms with Gasteiger partial charge in [0.25, 0.3) is 0 Å². The van der Waals surface area contributed by atoms with Crippen LogP contribution in [0.25, 0.3) is 0 Å². The van der Waals surface area contributed by atoms with Crippen LogP contribution in [0.5, 0.6) is 5.75 Å². The number of hydrogen-bond donors (Lipinski definition) is 0. The summed E-state index contributed by atoms with van der Waals surface area (Å²) in [4.78, 5) is 15.5. The highest BCUT2D eigenvalue weighted by molar-refractivity contribution is 6.42. The molecule has 3 aromatic carbocycles. The highest BCUT2D eigenvalue weighted by Gasteiger charge is 2.38. The first kappa shape index (κ1) is 26.9. The number of nitrogens with zero attached hydrogens (tertiary/aromatic N) is 1. The van der Waals surface area contributed by atoms with Gasteiger partial charge < -0.3 is 9.64 Å². The minimum Gasteiger partial charge on any atom is -0.491 e. The molecule has 1 aliphatic heterocycles. The summed E-state index contributed by atoms with van der Waals surface area (Å²) in [7, 11) is 0. The second kappa shape index (κ2) is 11.9. The molecule has 190 valence electrons. The summed E-state index contributed by atoms with van der Waals surface area (Å²) in [6.07, 6.45) is 4.14. The molecule has 6 heteroatoms. The molecule has 1 aliphatic rings. The number of hydrogen-bond acceptors (Lipinski definition) is 2. The standard InChI is InChI=1S/C30H32Cl3NO2/c1-21(2)36-26-6-3-5-23(17-26)18-29(35)34-16-4-14-30(20-34,24-9-12-27(32)28(33)19-24)15-13-22-7-10-25(31)11-8-22/h3,5-12,17,19,21H,4,13-16,18,20H2,1-2H3. The number of carbonyl (C=O) groups is 1. The molecule has 1 atom stereocenters. The van der Waals surface area contributed by atoms with Crippen molar-refractivity contribution in [2.24, 2.45) is 0 Å². The minimum absolute atomic E-state index is 0.0884. The van der Waals surface area contributed by atoms with E-state index in [0.717, 1.165) is 54.1 Å². The van der Waals surface area contributed by atoms with Gasteiger partial charge in [-0.3, -0.25) is 4.79 Å². The summed E-state index contributed by atoms with van der Waals surface area (Å²) >= 11 is 18.8. The van der Waals surface area contributed by atoms with Gasteiger partial charge in [-0.25, -0.2) is 0 Å². The largest absolute Gasteiger partial charge is 0.491 e. The Hall–Kier alpha value is -2.20. The van der Waals surface area contributed by atoms with Crippen molar-refractivity contribution < 1.29 is 9.53 Å². The van der Waals surface area contributed by atoms with Crippen molar-refractivity contribution >= 4 is 40.7 Å². The van der Waals surface area contributed by atoms with Gasteiger partial charge in [-0.2, -0.15) is 0 Å². The van der Waals surface area contributed by atoms with Crippen LogP contribution < -0.4 is 4.74 Å². The third-order valence-electron chi connectivity index (χ3n) is 6.89. The fourth-order valence-electron chi connectivity index (χ4n) is 5.08. The van der Waals surface area contributed by atoms with Crippen LogP contribution in [0.3, 0.4) is 0 Å².